The maximum absolute atomic E-state index is 8.87. The molecule has 0 aliphatic heterocycles. The van der Waals surface area contributed by atoms with Crippen molar-refractivity contribution in [2.75, 3.05) is 0 Å². The van der Waals surface area contributed by atoms with Crippen molar-refractivity contribution in [2.24, 2.45) is 0 Å². The van der Waals surface area contributed by atoms with Gasteiger partial charge in [0.1, 0.15) is 10.7 Å². The summed E-state index contributed by atoms with van der Waals surface area (Å²) in [6.45, 7) is 4.42. The molecule has 0 radical (unpaired) electrons. The average Bonchev–Trinajstić information content (AvgIpc) is 2.46. The fraction of sp³-hybridized carbons (Fsp3) is 0.250. The molecule has 0 amide bonds. The van der Waals surface area contributed by atoms with Crippen molar-refractivity contribution in [3.8, 4) is 17.3 Å². The smallest absolute Gasteiger partial charge is 0.121 e. The van der Waals surface area contributed by atoms with Crippen molar-refractivity contribution in [2.45, 2.75) is 26.2 Å². The third kappa shape index (κ3) is 2.91. The largest absolute Gasteiger partial charge is 0.345 e. The minimum absolute atomic E-state index is 0.492. The molecule has 2 rings (SSSR count). The molecule has 1 aromatic carbocycles. The predicted octanol–water partition coefficient (Wildman–Crippen LogP) is 4.80. The third-order valence-corrected chi connectivity index (χ3v) is 3.76. The Morgan fingerprint density at radius 1 is 1.21 bits per heavy atom. The lowest BCUT2D eigenvalue weighted by Crippen LogP contribution is -1.92. The van der Waals surface area contributed by atoms with Gasteiger partial charge >= 0.3 is 0 Å². The van der Waals surface area contributed by atoms with E-state index in [1.54, 1.807) is 6.07 Å². The second kappa shape index (κ2) is 5.81. The molecular formula is C16H16N2S. The van der Waals surface area contributed by atoms with E-state index in [2.05, 4.69) is 49.2 Å². The Labute approximate surface area is 118 Å². The first-order valence-electron chi connectivity index (χ1n) is 6.39. The van der Waals surface area contributed by atoms with Crippen molar-refractivity contribution >= 4 is 12.2 Å². The SMILES string of the molecule is CCC(C)c1ccc(-c2ccc(C#N)c(=S)[nH]2)cc1. The van der Waals surface area contributed by atoms with Crippen molar-refractivity contribution in [3.63, 3.8) is 0 Å². The van der Waals surface area contributed by atoms with Crippen LogP contribution in [0.4, 0.5) is 0 Å². The lowest BCUT2D eigenvalue weighted by molar-refractivity contribution is 0.734. The fourth-order valence-corrected chi connectivity index (χ4v) is 2.18. The average molecular weight is 268 g/mol. The number of hydrogen-bond acceptors (Lipinski definition) is 2. The Kier molecular flexibility index (Phi) is 4.13. The molecule has 3 heteroatoms. The van der Waals surface area contributed by atoms with Crippen LogP contribution in [0.1, 0.15) is 37.3 Å². The maximum atomic E-state index is 8.87. The van der Waals surface area contributed by atoms with E-state index in [1.807, 2.05) is 6.07 Å². The van der Waals surface area contributed by atoms with Crippen LogP contribution in [-0.2, 0) is 0 Å². The second-order valence-corrected chi connectivity index (χ2v) is 5.07. The Hall–Kier alpha value is -1.92. The summed E-state index contributed by atoms with van der Waals surface area (Å²) >= 11 is 5.15. The number of nitriles is 1. The summed E-state index contributed by atoms with van der Waals surface area (Å²) in [6.07, 6.45) is 1.14. The van der Waals surface area contributed by atoms with Crippen molar-refractivity contribution < 1.29 is 0 Å². The first kappa shape index (κ1) is 13.5. The zero-order valence-electron chi connectivity index (χ0n) is 11.1. The standard InChI is InChI=1S/C16H16N2S/c1-3-11(2)12-4-6-13(7-5-12)15-9-8-14(10-17)16(19)18-15/h4-9,11H,3H2,1-2H3,(H,18,19). The summed E-state index contributed by atoms with van der Waals surface area (Å²) in [4.78, 5) is 3.10. The Morgan fingerprint density at radius 3 is 2.42 bits per heavy atom. The van der Waals surface area contributed by atoms with E-state index in [0.717, 1.165) is 17.7 Å². The molecule has 0 aliphatic rings. The van der Waals surface area contributed by atoms with Crippen LogP contribution >= 0.6 is 12.2 Å². The molecule has 1 N–H and O–H groups in total. The van der Waals surface area contributed by atoms with E-state index in [1.165, 1.54) is 5.56 Å². The first-order valence-corrected chi connectivity index (χ1v) is 6.80. The van der Waals surface area contributed by atoms with Gasteiger partial charge < -0.3 is 4.98 Å². The predicted molar refractivity (Wildman–Crippen MR) is 80.5 cm³/mol. The van der Waals surface area contributed by atoms with E-state index in [9.17, 15) is 0 Å². The molecule has 0 spiro atoms. The van der Waals surface area contributed by atoms with Gasteiger partial charge in [-0.25, -0.2) is 0 Å². The topological polar surface area (TPSA) is 39.6 Å². The molecule has 1 atom stereocenters. The Balaban J connectivity index is 2.35. The number of hydrogen-bond donors (Lipinski definition) is 1. The molecule has 1 heterocycles. The van der Waals surface area contributed by atoms with Crippen LogP contribution in [-0.4, -0.2) is 4.98 Å². The lowest BCUT2D eigenvalue weighted by atomic mass is 9.97. The number of rotatable bonds is 3. The molecule has 1 aromatic heterocycles. The maximum Gasteiger partial charge on any atom is 0.121 e. The Bertz CT molecular complexity index is 662. The first-order chi connectivity index (χ1) is 9.15. The van der Waals surface area contributed by atoms with Gasteiger partial charge in [-0.3, -0.25) is 0 Å². The zero-order valence-corrected chi connectivity index (χ0v) is 11.9. The number of H-pyrrole nitrogens is 1. The van der Waals surface area contributed by atoms with Crippen molar-refractivity contribution in [1.82, 2.24) is 4.98 Å². The van der Waals surface area contributed by atoms with Crippen LogP contribution in [0.15, 0.2) is 36.4 Å². The number of nitrogens with one attached hydrogen (secondary N) is 1. The molecule has 1 unspecified atom stereocenters. The van der Waals surface area contributed by atoms with E-state index in [4.69, 9.17) is 17.5 Å². The minimum atomic E-state index is 0.492. The van der Waals surface area contributed by atoms with Crippen LogP contribution in [0.2, 0.25) is 0 Å². The number of benzene rings is 1. The second-order valence-electron chi connectivity index (χ2n) is 4.66. The molecule has 0 fully saturated rings. The zero-order chi connectivity index (χ0) is 13.8. The number of aromatic amines is 1. The van der Waals surface area contributed by atoms with Crippen molar-refractivity contribution in [1.29, 1.82) is 5.26 Å². The van der Waals surface area contributed by atoms with Crippen LogP contribution in [0.5, 0.6) is 0 Å². The van der Waals surface area contributed by atoms with Crippen LogP contribution < -0.4 is 0 Å². The minimum Gasteiger partial charge on any atom is -0.345 e. The lowest BCUT2D eigenvalue weighted by Gasteiger charge is -2.10. The summed E-state index contributed by atoms with van der Waals surface area (Å²) < 4.78 is 0.492. The molecule has 2 nitrogen and oxygen atoms in total. The molecule has 19 heavy (non-hydrogen) atoms. The van der Waals surface area contributed by atoms with Crippen LogP contribution in [0.3, 0.4) is 0 Å². The van der Waals surface area contributed by atoms with E-state index in [0.29, 0.717) is 16.1 Å². The Morgan fingerprint density at radius 2 is 1.89 bits per heavy atom. The highest BCUT2D eigenvalue weighted by atomic mass is 32.1. The molecule has 0 saturated carbocycles. The molecule has 0 bridgehead atoms. The van der Waals surface area contributed by atoms with Gasteiger partial charge in [0, 0.05) is 5.69 Å². The molecule has 0 saturated heterocycles. The number of nitrogens with zero attached hydrogens (tertiary/aromatic N) is 1. The number of aromatic nitrogens is 1. The third-order valence-electron chi connectivity index (χ3n) is 3.43. The summed E-state index contributed by atoms with van der Waals surface area (Å²) in [6, 6.07) is 14.2. The normalized spacial score (nSPS) is 11.8. The summed E-state index contributed by atoms with van der Waals surface area (Å²) in [5.41, 5.74) is 3.89. The summed E-state index contributed by atoms with van der Waals surface area (Å²) in [7, 11) is 0. The molecular weight excluding hydrogens is 252 g/mol. The molecule has 2 aromatic rings. The van der Waals surface area contributed by atoms with Gasteiger partial charge in [-0.05, 0) is 35.6 Å². The van der Waals surface area contributed by atoms with Gasteiger partial charge in [0.25, 0.3) is 0 Å². The fourth-order valence-electron chi connectivity index (χ4n) is 1.96. The molecule has 0 aliphatic carbocycles. The number of pyridine rings is 1. The van der Waals surface area contributed by atoms with Crippen LogP contribution in [0, 0.1) is 16.0 Å². The van der Waals surface area contributed by atoms with Gasteiger partial charge in [0.05, 0.1) is 5.56 Å². The van der Waals surface area contributed by atoms with Gasteiger partial charge in [0.15, 0.2) is 0 Å². The van der Waals surface area contributed by atoms with Crippen molar-refractivity contribution in [3.05, 3.63) is 52.2 Å². The van der Waals surface area contributed by atoms with Crippen LogP contribution in [0.25, 0.3) is 11.3 Å². The van der Waals surface area contributed by atoms with E-state index >= 15 is 0 Å². The monoisotopic (exact) mass is 268 g/mol. The van der Waals surface area contributed by atoms with E-state index < -0.39 is 0 Å². The highest BCUT2D eigenvalue weighted by Crippen LogP contribution is 2.23. The van der Waals surface area contributed by atoms with E-state index in [-0.39, 0.29) is 0 Å². The van der Waals surface area contributed by atoms with Gasteiger partial charge in [-0.1, -0.05) is 50.3 Å². The highest BCUT2D eigenvalue weighted by Gasteiger charge is 2.04. The van der Waals surface area contributed by atoms with Gasteiger partial charge in [-0.15, -0.1) is 0 Å². The highest BCUT2D eigenvalue weighted by molar-refractivity contribution is 7.71. The summed E-state index contributed by atoms with van der Waals surface area (Å²) in [5.74, 6) is 0.577. The quantitative estimate of drug-likeness (QED) is 0.812. The van der Waals surface area contributed by atoms with Gasteiger partial charge in [-0.2, -0.15) is 5.26 Å². The van der Waals surface area contributed by atoms with Gasteiger partial charge in [0.2, 0.25) is 0 Å². The molecule has 96 valence electrons. The summed E-state index contributed by atoms with van der Waals surface area (Å²) in [5, 5.41) is 8.87.